The minimum absolute atomic E-state index is 0.0972. The van der Waals surface area contributed by atoms with Crippen LogP contribution in [0.4, 0.5) is 0 Å². The lowest BCUT2D eigenvalue weighted by Gasteiger charge is -2.49. The summed E-state index contributed by atoms with van der Waals surface area (Å²) in [7, 11) is 0. The van der Waals surface area contributed by atoms with Crippen molar-refractivity contribution in [1.29, 1.82) is 0 Å². The van der Waals surface area contributed by atoms with Crippen molar-refractivity contribution in [3.63, 3.8) is 0 Å². The van der Waals surface area contributed by atoms with E-state index in [2.05, 4.69) is 22.4 Å². The average molecular weight is 221 g/mol. The largest absolute Gasteiger partial charge is 0.332 e. The molecule has 0 bridgehead atoms. The monoisotopic (exact) mass is 221 g/mol. The first kappa shape index (κ1) is 9.40. The number of hydrogen-bond acceptors (Lipinski definition) is 2. The average Bonchev–Trinajstić information content (AvgIpc) is 2.73. The van der Waals surface area contributed by atoms with E-state index < -0.39 is 0 Å². The molecule has 2 fully saturated rings. The molecule has 1 aliphatic heterocycles. The fourth-order valence-electron chi connectivity index (χ4n) is 3.27. The van der Waals surface area contributed by atoms with Crippen LogP contribution in [-0.4, -0.2) is 17.4 Å². The summed E-state index contributed by atoms with van der Waals surface area (Å²) in [6.45, 7) is 2.66. The summed E-state index contributed by atoms with van der Waals surface area (Å²) in [6, 6.07) is 4.29. The van der Waals surface area contributed by atoms with Crippen LogP contribution in [0.2, 0.25) is 0 Å². The lowest BCUT2D eigenvalue weighted by Crippen LogP contribution is -2.52. The number of carbonyl (C=O) groups excluding carboxylic acids is 1. The number of nitrogens with zero attached hydrogens (tertiary/aromatic N) is 1. The normalized spacial score (nSPS) is 33.7. The van der Waals surface area contributed by atoms with E-state index in [0.717, 1.165) is 18.9 Å². The molecule has 1 amide bonds. The van der Waals surface area contributed by atoms with E-state index in [4.69, 9.17) is 0 Å². The Morgan fingerprint density at radius 3 is 3.00 bits per heavy atom. The molecule has 2 atom stereocenters. The molecule has 15 heavy (non-hydrogen) atoms. The zero-order chi connectivity index (χ0) is 10.5. The van der Waals surface area contributed by atoms with Gasteiger partial charge in [0.1, 0.15) is 0 Å². The number of hydrogen-bond donors (Lipinski definition) is 0. The fraction of sp³-hybridized carbons (Fsp3) is 0.583. The number of likely N-dealkylation sites (tertiary alicyclic amines) is 1. The van der Waals surface area contributed by atoms with Gasteiger partial charge in [-0.1, -0.05) is 6.07 Å². The smallest absolute Gasteiger partial charge is 0.220 e. The molecule has 0 aromatic carbocycles. The Bertz CT molecular complexity index is 386. The van der Waals surface area contributed by atoms with E-state index in [1.54, 1.807) is 18.3 Å². The van der Waals surface area contributed by atoms with E-state index in [1.807, 2.05) is 0 Å². The van der Waals surface area contributed by atoms with Crippen molar-refractivity contribution in [3.05, 3.63) is 22.4 Å². The second-order valence-corrected chi connectivity index (χ2v) is 5.54. The summed E-state index contributed by atoms with van der Waals surface area (Å²) in [4.78, 5) is 15.2. The highest BCUT2D eigenvalue weighted by atomic mass is 32.1. The molecule has 80 valence electrons. The zero-order valence-electron chi connectivity index (χ0n) is 8.90. The quantitative estimate of drug-likeness (QED) is 0.714. The molecule has 2 heterocycles. The molecule has 0 radical (unpaired) electrons. The third-order valence-electron chi connectivity index (χ3n) is 4.06. The minimum atomic E-state index is 0.0972. The summed E-state index contributed by atoms with van der Waals surface area (Å²) < 4.78 is 0. The maximum absolute atomic E-state index is 11.7. The van der Waals surface area contributed by atoms with Crippen molar-refractivity contribution >= 4 is 17.2 Å². The van der Waals surface area contributed by atoms with Gasteiger partial charge in [0.05, 0.1) is 5.54 Å². The van der Waals surface area contributed by atoms with Crippen LogP contribution in [0.3, 0.4) is 0 Å². The van der Waals surface area contributed by atoms with Crippen molar-refractivity contribution in [2.24, 2.45) is 5.92 Å². The van der Waals surface area contributed by atoms with Gasteiger partial charge in [-0.2, -0.15) is 0 Å². The molecule has 3 rings (SSSR count). The molecule has 1 aromatic heterocycles. The Morgan fingerprint density at radius 2 is 2.47 bits per heavy atom. The molecule has 1 saturated heterocycles. The number of carbonyl (C=O) groups is 1. The predicted octanol–water partition coefficient (Wildman–Crippen LogP) is 2.61. The number of amides is 1. The second kappa shape index (κ2) is 3.08. The van der Waals surface area contributed by atoms with Gasteiger partial charge in [0.25, 0.3) is 0 Å². The Balaban J connectivity index is 2.04. The van der Waals surface area contributed by atoms with Gasteiger partial charge in [0.15, 0.2) is 0 Å². The number of rotatable bonds is 1. The van der Waals surface area contributed by atoms with Crippen LogP contribution < -0.4 is 0 Å². The first-order chi connectivity index (χ1) is 7.25. The maximum Gasteiger partial charge on any atom is 0.220 e. The van der Waals surface area contributed by atoms with Crippen molar-refractivity contribution in [1.82, 2.24) is 4.90 Å². The maximum atomic E-state index is 11.7. The van der Waals surface area contributed by atoms with Gasteiger partial charge in [0.2, 0.25) is 5.91 Å². The molecule has 1 saturated carbocycles. The van der Waals surface area contributed by atoms with Crippen LogP contribution in [0.15, 0.2) is 17.5 Å². The summed E-state index contributed by atoms with van der Waals surface area (Å²) >= 11 is 1.80. The predicted molar refractivity (Wildman–Crippen MR) is 60.7 cm³/mol. The Morgan fingerprint density at radius 1 is 1.60 bits per heavy atom. The lowest BCUT2D eigenvalue weighted by molar-refractivity contribution is -0.137. The third-order valence-corrected chi connectivity index (χ3v) is 5.10. The van der Waals surface area contributed by atoms with Gasteiger partial charge in [-0.25, -0.2) is 0 Å². The van der Waals surface area contributed by atoms with E-state index >= 15 is 0 Å². The van der Waals surface area contributed by atoms with Crippen LogP contribution in [0.1, 0.15) is 31.1 Å². The lowest BCUT2D eigenvalue weighted by atomic mass is 9.66. The highest BCUT2D eigenvalue weighted by Crippen LogP contribution is 2.57. The van der Waals surface area contributed by atoms with Gasteiger partial charge in [0, 0.05) is 18.3 Å². The molecular formula is C12H15NOS. The first-order valence-electron chi connectivity index (χ1n) is 5.57. The molecule has 1 aromatic rings. The molecule has 0 spiro atoms. The number of fused-ring (bicyclic) bond motifs is 1. The molecule has 2 aliphatic rings. The van der Waals surface area contributed by atoms with Crippen LogP contribution in [0.5, 0.6) is 0 Å². The van der Waals surface area contributed by atoms with Gasteiger partial charge in [-0.05, 0) is 36.6 Å². The van der Waals surface area contributed by atoms with E-state index in [9.17, 15) is 4.79 Å². The standard InChI is InChI=1S/C12H15NOS/c1-9(14)13-7-5-10-4-6-12(10,13)11-3-2-8-15-11/h2-3,8,10H,4-7H2,1H3. The van der Waals surface area contributed by atoms with Crippen molar-refractivity contribution in [2.75, 3.05) is 6.54 Å². The van der Waals surface area contributed by atoms with Crippen molar-refractivity contribution < 1.29 is 4.79 Å². The number of thiophene rings is 1. The molecule has 0 N–H and O–H groups in total. The summed E-state index contributed by atoms with van der Waals surface area (Å²) in [5, 5.41) is 2.12. The topological polar surface area (TPSA) is 20.3 Å². The SMILES string of the molecule is CC(=O)N1CCC2CCC21c1cccs1. The highest BCUT2D eigenvalue weighted by Gasteiger charge is 2.57. The second-order valence-electron chi connectivity index (χ2n) is 4.60. The van der Waals surface area contributed by atoms with E-state index in [1.165, 1.54) is 17.7 Å². The fourth-order valence-corrected chi connectivity index (χ4v) is 4.31. The first-order valence-corrected chi connectivity index (χ1v) is 6.45. The summed E-state index contributed by atoms with van der Waals surface area (Å²) in [5.41, 5.74) is 0.0972. The van der Waals surface area contributed by atoms with Crippen LogP contribution in [0.25, 0.3) is 0 Å². The van der Waals surface area contributed by atoms with Gasteiger partial charge in [-0.3, -0.25) is 4.79 Å². The molecule has 1 aliphatic carbocycles. The minimum Gasteiger partial charge on any atom is -0.332 e. The van der Waals surface area contributed by atoms with Gasteiger partial charge < -0.3 is 4.90 Å². The van der Waals surface area contributed by atoms with Crippen molar-refractivity contribution in [3.8, 4) is 0 Å². The third kappa shape index (κ3) is 1.07. The van der Waals surface area contributed by atoms with E-state index in [-0.39, 0.29) is 11.4 Å². The Labute approximate surface area is 93.9 Å². The van der Waals surface area contributed by atoms with Crippen LogP contribution in [-0.2, 0) is 10.3 Å². The van der Waals surface area contributed by atoms with E-state index in [0.29, 0.717) is 0 Å². The van der Waals surface area contributed by atoms with Crippen LogP contribution >= 0.6 is 11.3 Å². The van der Waals surface area contributed by atoms with Gasteiger partial charge in [-0.15, -0.1) is 11.3 Å². The molecule has 3 heteroatoms. The van der Waals surface area contributed by atoms with Gasteiger partial charge >= 0.3 is 0 Å². The zero-order valence-corrected chi connectivity index (χ0v) is 9.72. The van der Waals surface area contributed by atoms with Crippen molar-refractivity contribution in [2.45, 2.75) is 31.7 Å². The highest BCUT2D eigenvalue weighted by molar-refractivity contribution is 7.10. The van der Waals surface area contributed by atoms with Crippen LogP contribution in [0, 0.1) is 5.92 Å². The summed E-state index contributed by atoms with van der Waals surface area (Å²) in [5.74, 6) is 0.964. The Hall–Kier alpha value is -0.830. The molecule has 2 nitrogen and oxygen atoms in total. The Kier molecular flexibility index (Phi) is 1.93. The molecule has 2 unspecified atom stereocenters. The molecular weight excluding hydrogens is 206 g/mol. The summed E-state index contributed by atoms with van der Waals surface area (Å²) in [6.07, 6.45) is 3.65.